The van der Waals surface area contributed by atoms with Crippen LogP contribution in [0, 0.1) is 11.8 Å². The highest BCUT2D eigenvalue weighted by Gasteiger charge is 2.50. The highest BCUT2D eigenvalue weighted by Crippen LogP contribution is 2.44. The van der Waals surface area contributed by atoms with Crippen LogP contribution < -0.4 is 11.1 Å². The summed E-state index contributed by atoms with van der Waals surface area (Å²) in [6, 6.07) is -0.00463. The van der Waals surface area contributed by atoms with E-state index in [-0.39, 0.29) is 11.9 Å². The van der Waals surface area contributed by atoms with Gasteiger partial charge in [-0.05, 0) is 24.8 Å². The number of nitrogens with one attached hydrogen (secondary N) is 1. The van der Waals surface area contributed by atoms with E-state index in [1.54, 1.807) is 0 Å². The molecule has 3 atom stereocenters. The summed E-state index contributed by atoms with van der Waals surface area (Å²) in [5.74, 6) is 1.17. The van der Waals surface area contributed by atoms with E-state index < -0.39 is 9.23 Å². The van der Waals surface area contributed by atoms with Crippen molar-refractivity contribution < 1.29 is 9.00 Å². The number of rotatable bonds is 1. The number of piperidine rings is 1. The summed E-state index contributed by atoms with van der Waals surface area (Å²) >= 11 is 0. The molecule has 2 rings (SSSR count). The van der Waals surface area contributed by atoms with Crippen LogP contribution >= 0.6 is 21.4 Å². The Morgan fingerprint density at radius 2 is 2.08 bits per heavy atom. The van der Waals surface area contributed by atoms with Gasteiger partial charge in [0.1, 0.15) is 0 Å². The summed E-state index contributed by atoms with van der Waals surface area (Å²) in [4.78, 5) is 10.6. The maximum Gasteiger partial charge on any atom is 0.234 e. The molecule has 76 valence electrons. The number of halogens is 2. The van der Waals surface area contributed by atoms with Gasteiger partial charge in [0, 0.05) is 21.4 Å². The molecule has 1 aliphatic carbocycles. The van der Waals surface area contributed by atoms with Gasteiger partial charge in [0.2, 0.25) is 15.1 Å². The standard InChI is InChI=1S/C6H10N2O.Cl2OS/c7-6(9)5-4-1-3(4)2-8-5;1-4(2)3/h3-5,8H,1-2H2,(H2,7,9);/t3-,4-,5+;/m1./s1. The van der Waals surface area contributed by atoms with Crippen molar-refractivity contribution in [1.82, 2.24) is 5.32 Å². The first kappa shape index (κ1) is 11.2. The molecule has 7 heteroatoms. The van der Waals surface area contributed by atoms with Crippen molar-refractivity contribution in [3.05, 3.63) is 0 Å². The van der Waals surface area contributed by atoms with E-state index in [2.05, 4.69) is 26.7 Å². The second kappa shape index (κ2) is 4.59. The van der Waals surface area contributed by atoms with Crippen LogP contribution in [0.2, 0.25) is 0 Å². The maximum absolute atomic E-state index is 10.6. The molecule has 0 unspecified atom stereocenters. The predicted octanol–water partition coefficient (Wildman–Crippen LogP) is 0.122. The molecule has 13 heavy (non-hydrogen) atoms. The molecular formula is C6H10Cl2N2O2S. The molecule has 0 aromatic carbocycles. The molecule has 1 saturated heterocycles. The molecule has 1 amide bonds. The van der Waals surface area contributed by atoms with Gasteiger partial charge in [0.25, 0.3) is 0 Å². The van der Waals surface area contributed by atoms with Crippen molar-refractivity contribution in [2.24, 2.45) is 17.6 Å². The third kappa shape index (κ3) is 3.42. The molecule has 3 N–H and O–H groups in total. The van der Waals surface area contributed by atoms with E-state index in [1.807, 2.05) is 0 Å². The second-order valence-electron chi connectivity index (χ2n) is 3.13. The lowest BCUT2D eigenvalue weighted by atomic mass is 10.2. The number of primary amides is 1. The van der Waals surface area contributed by atoms with Gasteiger partial charge in [-0.15, -0.1) is 0 Å². The fourth-order valence-corrected chi connectivity index (χ4v) is 1.66. The van der Waals surface area contributed by atoms with Gasteiger partial charge in [-0.3, -0.25) is 4.79 Å². The lowest BCUT2D eigenvalue weighted by Gasteiger charge is -2.06. The van der Waals surface area contributed by atoms with E-state index in [4.69, 9.17) is 9.94 Å². The largest absolute Gasteiger partial charge is 0.368 e. The van der Waals surface area contributed by atoms with Gasteiger partial charge < -0.3 is 11.1 Å². The van der Waals surface area contributed by atoms with Gasteiger partial charge in [0.15, 0.2) is 0 Å². The molecule has 0 aromatic heterocycles. The van der Waals surface area contributed by atoms with Crippen LogP contribution in [0.25, 0.3) is 0 Å². The first-order valence-corrected chi connectivity index (χ1v) is 6.59. The second-order valence-corrected chi connectivity index (χ2v) is 5.66. The Labute approximate surface area is 87.6 Å². The summed E-state index contributed by atoms with van der Waals surface area (Å²) in [5, 5.41) is 3.08. The van der Waals surface area contributed by atoms with Crippen LogP contribution in [0.4, 0.5) is 0 Å². The highest BCUT2D eigenvalue weighted by molar-refractivity contribution is 8.26. The van der Waals surface area contributed by atoms with Crippen LogP contribution in [-0.2, 0) is 14.0 Å². The molecule has 1 heterocycles. The Kier molecular flexibility index (Phi) is 3.97. The third-order valence-corrected chi connectivity index (χ3v) is 2.31. The van der Waals surface area contributed by atoms with Gasteiger partial charge in [0.05, 0.1) is 6.04 Å². The van der Waals surface area contributed by atoms with Crippen molar-refractivity contribution in [3.63, 3.8) is 0 Å². The van der Waals surface area contributed by atoms with E-state index in [0.29, 0.717) is 5.92 Å². The van der Waals surface area contributed by atoms with E-state index in [9.17, 15) is 4.79 Å². The van der Waals surface area contributed by atoms with Crippen molar-refractivity contribution in [3.8, 4) is 0 Å². The molecule has 0 bridgehead atoms. The fraction of sp³-hybridized carbons (Fsp3) is 0.833. The molecule has 1 saturated carbocycles. The molecule has 2 fully saturated rings. The zero-order valence-electron chi connectivity index (χ0n) is 6.70. The Bertz CT molecular complexity index is 235. The monoisotopic (exact) mass is 244 g/mol. The Morgan fingerprint density at radius 1 is 1.54 bits per heavy atom. The average Bonchev–Trinajstić information content (AvgIpc) is 2.60. The summed E-state index contributed by atoms with van der Waals surface area (Å²) in [6.07, 6.45) is 1.21. The van der Waals surface area contributed by atoms with Crippen LogP contribution in [0.1, 0.15) is 6.42 Å². The normalized spacial score (nSPS) is 34.8. The molecule has 0 aromatic rings. The van der Waals surface area contributed by atoms with Gasteiger partial charge >= 0.3 is 0 Å². The summed E-state index contributed by atoms with van der Waals surface area (Å²) in [7, 11) is 7.36. The Balaban J connectivity index is 0.000000184. The lowest BCUT2D eigenvalue weighted by molar-refractivity contribution is -0.120. The van der Waals surface area contributed by atoms with Gasteiger partial charge in [-0.2, -0.15) is 0 Å². The number of hydrogen-bond acceptors (Lipinski definition) is 3. The topological polar surface area (TPSA) is 72.2 Å². The number of amides is 1. The fourth-order valence-electron chi connectivity index (χ4n) is 1.66. The van der Waals surface area contributed by atoms with Crippen LogP contribution in [0.3, 0.4) is 0 Å². The SMILES string of the molecule is NC(=O)[C@H]1NC[C@H]2C[C@H]21.O=S(Cl)Cl. The van der Waals surface area contributed by atoms with E-state index >= 15 is 0 Å². The molecule has 0 radical (unpaired) electrons. The van der Waals surface area contributed by atoms with E-state index in [1.165, 1.54) is 6.42 Å². The smallest absolute Gasteiger partial charge is 0.234 e. The van der Waals surface area contributed by atoms with Crippen molar-refractivity contribution >= 4 is 36.5 Å². The Hall–Kier alpha value is 0.160. The number of fused-ring (bicyclic) bond motifs is 1. The summed E-state index contributed by atoms with van der Waals surface area (Å²) in [5.41, 5.74) is 5.11. The van der Waals surface area contributed by atoms with Crippen molar-refractivity contribution in [1.29, 1.82) is 0 Å². The minimum absolute atomic E-state index is 0.00463. The summed E-state index contributed by atoms with van der Waals surface area (Å²) in [6.45, 7) is 0.998. The highest BCUT2D eigenvalue weighted by atomic mass is 36.0. The maximum atomic E-state index is 10.6. The van der Waals surface area contributed by atoms with Crippen molar-refractivity contribution in [2.75, 3.05) is 6.54 Å². The minimum atomic E-state index is -1.67. The van der Waals surface area contributed by atoms with E-state index in [0.717, 1.165) is 12.5 Å². The number of carbonyl (C=O) groups is 1. The first-order valence-electron chi connectivity index (χ1n) is 3.79. The quantitative estimate of drug-likeness (QED) is 0.644. The van der Waals surface area contributed by atoms with Crippen LogP contribution in [0.15, 0.2) is 0 Å². The predicted molar refractivity (Wildman–Crippen MR) is 52.4 cm³/mol. The molecule has 0 spiro atoms. The molecule has 4 nitrogen and oxygen atoms in total. The van der Waals surface area contributed by atoms with Crippen molar-refractivity contribution in [2.45, 2.75) is 12.5 Å². The molecule has 1 aliphatic heterocycles. The number of nitrogens with two attached hydrogens (primary N) is 1. The third-order valence-electron chi connectivity index (χ3n) is 2.31. The minimum Gasteiger partial charge on any atom is -0.368 e. The van der Waals surface area contributed by atoms with Gasteiger partial charge in [-0.1, -0.05) is 0 Å². The lowest BCUT2D eigenvalue weighted by Crippen LogP contribution is -2.39. The zero-order chi connectivity index (χ0) is 10.0. The van der Waals surface area contributed by atoms with Crippen LogP contribution in [-0.4, -0.2) is 22.7 Å². The van der Waals surface area contributed by atoms with Crippen LogP contribution in [0.5, 0.6) is 0 Å². The van der Waals surface area contributed by atoms with Gasteiger partial charge in [-0.25, -0.2) is 4.21 Å². The number of hydrogen-bond donors (Lipinski definition) is 2. The number of carbonyl (C=O) groups excluding carboxylic acids is 1. The zero-order valence-corrected chi connectivity index (χ0v) is 9.03. The first-order chi connectivity index (χ1) is 6.02. The average molecular weight is 245 g/mol. The summed E-state index contributed by atoms with van der Waals surface area (Å²) < 4.78 is 9.09. The molecule has 2 aliphatic rings. The molecular weight excluding hydrogens is 235 g/mol. The Morgan fingerprint density at radius 3 is 2.23 bits per heavy atom.